The molecule has 0 aliphatic carbocycles. The molecule has 5 heteroatoms. The molecule has 1 aromatic heterocycles. The number of esters is 1. The van der Waals surface area contributed by atoms with Crippen molar-refractivity contribution in [2.45, 2.75) is 13.8 Å². The van der Waals surface area contributed by atoms with Gasteiger partial charge < -0.3 is 14.3 Å². The SMILES string of the molecule is CCOC(=O)/C(C)=c1/oc(O)c2c1=c1ccccc1=N2. The Bertz CT molecular complexity index is 908. The van der Waals surface area contributed by atoms with Crippen molar-refractivity contribution in [2.75, 3.05) is 6.61 Å². The number of nitrogens with zero attached hydrogens (tertiary/aromatic N) is 1. The number of furan rings is 1. The maximum absolute atomic E-state index is 11.8. The summed E-state index contributed by atoms with van der Waals surface area (Å²) in [7, 11) is 0. The molecule has 0 fully saturated rings. The minimum Gasteiger partial charge on any atom is -0.479 e. The largest absolute Gasteiger partial charge is 0.479 e. The molecule has 0 saturated heterocycles. The fourth-order valence-electron chi connectivity index (χ4n) is 2.26. The number of benzene rings is 1. The summed E-state index contributed by atoms with van der Waals surface area (Å²) < 4.78 is 10.3. The highest BCUT2D eigenvalue weighted by Gasteiger charge is 2.19. The Kier molecular flexibility index (Phi) is 2.82. The van der Waals surface area contributed by atoms with E-state index in [9.17, 15) is 9.90 Å². The van der Waals surface area contributed by atoms with Crippen LogP contribution in [0.1, 0.15) is 13.8 Å². The van der Waals surface area contributed by atoms with Crippen LogP contribution in [0.15, 0.2) is 33.7 Å². The summed E-state index contributed by atoms with van der Waals surface area (Å²) in [5.74, 6) is -0.747. The lowest BCUT2D eigenvalue weighted by atomic mass is 10.2. The van der Waals surface area contributed by atoms with Crippen molar-refractivity contribution in [1.82, 2.24) is 0 Å². The minimum atomic E-state index is -0.464. The first-order valence-corrected chi connectivity index (χ1v) is 6.31. The monoisotopic (exact) mass is 271 g/mol. The molecular formula is C15H13NO4. The minimum absolute atomic E-state index is 0.283. The van der Waals surface area contributed by atoms with Gasteiger partial charge in [0.15, 0.2) is 11.1 Å². The van der Waals surface area contributed by atoms with Crippen molar-refractivity contribution in [1.29, 1.82) is 0 Å². The summed E-state index contributed by atoms with van der Waals surface area (Å²) in [6.45, 7) is 3.63. The summed E-state index contributed by atoms with van der Waals surface area (Å²) >= 11 is 0. The zero-order valence-electron chi connectivity index (χ0n) is 11.1. The zero-order chi connectivity index (χ0) is 14.3. The number of carbonyl (C=O) groups is 1. The van der Waals surface area contributed by atoms with Crippen molar-refractivity contribution >= 4 is 17.2 Å². The number of rotatable bonds is 2. The van der Waals surface area contributed by atoms with E-state index in [-0.39, 0.29) is 12.6 Å². The van der Waals surface area contributed by atoms with Crippen LogP contribution in [0.25, 0.3) is 5.57 Å². The van der Waals surface area contributed by atoms with Gasteiger partial charge in [-0.2, -0.15) is 0 Å². The van der Waals surface area contributed by atoms with Gasteiger partial charge >= 0.3 is 11.9 Å². The Morgan fingerprint density at radius 2 is 2.15 bits per heavy atom. The molecule has 1 N–H and O–H groups in total. The van der Waals surface area contributed by atoms with Gasteiger partial charge in [0.2, 0.25) is 0 Å². The van der Waals surface area contributed by atoms with E-state index in [1.807, 2.05) is 24.3 Å². The van der Waals surface area contributed by atoms with Gasteiger partial charge in [-0.05, 0) is 19.9 Å². The molecule has 0 spiro atoms. The van der Waals surface area contributed by atoms with Crippen molar-refractivity contribution in [3.63, 3.8) is 0 Å². The normalized spacial score (nSPS) is 13.3. The smallest absolute Gasteiger partial charge is 0.337 e. The van der Waals surface area contributed by atoms with E-state index in [0.29, 0.717) is 21.9 Å². The predicted molar refractivity (Wildman–Crippen MR) is 70.6 cm³/mol. The highest BCUT2D eigenvalue weighted by atomic mass is 16.5. The van der Waals surface area contributed by atoms with E-state index in [4.69, 9.17) is 9.15 Å². The van der Waals surface area contributed by atoms with Crippen LogP contribution >= 0.6 is 0 Å². The Labute approximate surface area is 114 Å². The Balaban J connectivity index is 2.45. The number of ether oxygens (including phenoxy) is 1. The number of hydrogen-bond donors (Lipinski definition) is 1. The van der Waals surface area contributed by atoms with Crippen LogP contribution in [0.3, 0.4) is 0 Å². The van der Waals surface area contributed by atoms with Crippen molar-refractivity contribution in [3.05, 3.63) is 45.5 Å². The Morgan fingerprint density at radius 3 is 2.90 bits per heavy atom. The van der Waals surface area contributed by atoms with Gasteiger partial charge in [0, 0.05) is 5.22 Å². The molecule has 0 unspecified atom stereocenters. The average molecular weight is 271 g/mol. The summed E-state index contributed by atoms with van der Waals surface area (Å²) in [6.07, 6.45) is 0. The number of carbonyl (C=O) groups excluding carboxylic acids is 1. The first-order valence-electron chi connectivity index (χ1n) is 6.31. The maximum atomic E-state index is 11.8. The second-order valence-electron chi connectivity index (χ2n) is 4.43. The van der Waals surface area contributed by atoms with E-state index in [0.717, 1.165) is 10.6 Å². The van der Waals surface area contributed by atoms with Gasteiger partial charge in [-0.3, -0.25) is 0 Å². The fraction of sp³-hybridized carbons (Fsp3) is 0.200. The zero-order valence-corrected chi connectivity index (χ0v) is 11.1. The predicted octanol–water partition coefficient (Wildman–Crippen LogP) is 1.27. The van der Waals surface area contributed by atoms with Gasteiger partial charge in [-0.1, -0.05) is 18.2 Å². The first kappa shape index (κ1) is 12.5. The molecular weight excluding hydrogens is 258 g/mol. The molecule has 3 rings (SSSR count). The molecule has 2 heterocycles. The third kappa shape index (κ3) is 1.71. The van der Waals surface area contributed by atoms with E-state index in [2.05, 4.69) is 4.99 Å². The Hall–Kier alpha value is -2.56. The van der Waals surface area contributed by atoms with Crippen LogP contribution in [0, 0.1) is 10.4 Å². The van der Waals surface area contributed by atoms with Crippen molar-refractivity contribution in [3.8, 4) is 5.95 Å². The third-order valence-corrected chi connectivity index (χ3v) is 3.19. The molecule has 0 saturated carbocycles. The number of para-hydroxylation sites is 1. The lowest BCUT2D eigenvalue weighted by molar-refractivity contribution is -0.136. The molecule has 0 amide bonds. The quantitative estimate of drug-likeness (QED) is 0.712. The second kappa shape index (κ2) is 4.52. The maximum Gasteiger partial charge on any atom is 0.337 e. The van der Waals surface area contributed by atoms with E-state index in [1.54, 1.807) is 13.8 Å². The molecule has 1 aromatic carbocycles. The topological polar surface area (TPSA) is 72.0 Å². The summed E-state index contributed by atoms with van der Waals surface area (Å²) in [5, 5.41) is 12.1. The standard InChI is InChI=1S/C15H13NO4/c1-3-19-14(17)8(2)13-11-9-6-4-5-7-10(9)16-12(11)15(18)20-13/h4-7,18H,3H2,1-2H3/b13-8+. The third-order valence-electron chi connectivity index (χ3n) is 3.19. The van der Waals surface area contributed by atoms with Crippen molar-refractivity contribution in [2.24, 2.45) is 4.99 Å². The van der Waals surface area contributed by atoms with Gasteiger partial charge in [0.05, 0.1) is 22.8 Å². The highest BCUT2D eigenvalue weighted by molar-refractivity contribution is 6.08. The number of fused-ring (bicyclic) bond motifs is 2. The highest BCUT2D eigenvalue weighted by Crippen LogP contribution is 2.28. The summed E-state index contributed by atoms with van der Waals surface area (Å²) in [5.41, 5.74) is 0.991. The van der Waals surface area contributed by atoms with Crippen LogP contribution in [0.5, 0.6) is 5.95 Å². The lowest BCUT2D eigenvalue weighted by Crippen LogP contribution is -2.14. The van der Waals surface area contributed by atoms with E-state index >= 15 is 0 Å². The van der Waals surface area contributed by atoms with Gasteiger partial charge in [-0.15, -0.1) is 0 Å². The van der Waals surface area contributed by atoms with E-state index < -0.39 is 5.97 Å². The van der Waals surface area contributed by atoms with Crippen molar-refractivity contribution < 1.29 is 19.1 Å². The summed E-state index contributed by atoms with van der Waals surface area (Å²) in [4.78, 5) is 16.1. The van der Waals surface area contributed by atoms with Crippen LogP contribution < -0.4 is 10.8 Å². The Morgan fingerprint density at radius 1 is 1.40 bits per heavy atom. The molecule has 20 heavy (non-hydrogen) atoms. The molecule has 0 atom stereocenters. The molecule has 0 bridgehead atoms. The molecule has 1 aliphatic heterocycles. The summed E-state index contributed by atoms with van der Waals surface area (Å²) in [6, 6.07) is 7.46. The molecule has 2 aromatic rings. The fourth-order valence-corrected chi connectivity index (χ4v) is 2.26. The lowest BCUT2D eigenvalue weighted by Gasteiger charge is -1.98. The van der Waals surface area contributed by atoms with Gasteiger partial charge in [0.1, 0.15) is 0 Å². The van der Waals surface area contributed by atoms with Crippen LogP contribution in [0.4, 0.5) is 5.69 Å². The van der Waals surface area contributed by atoms with Crippen LogP contribution in [-0.4, -0.2) is 17.7 Å². The van der Waals surface area contributed by atoms with Crippen LogP contribution in [-0.2, 0) is 9.53 Å². The molecule has 102 valence electrons. The number of hydrogen-bond acceptors (Lipinski definition) is 5. The molecule has 5 nitrogen and oxygen atoms in total. The number of aromatic hydroxyl groups is 1. The average Bonchev–Trinajstić information content (AvgIpc) is 2.97. The molecule has 0 radical (unpaired) electrons. The van der Waals surface area contributed by atoms with Gasteiger partial charge in [-0.25, -0.2) is 9.79 Å². The van der Waals surface area contributed by atoms with Crippen LogP contribution in [0.2, 0.25) is 0 Å². The van der Waals surface area contributed by atoms with E-state index in [1.165, 1.54) is 0 Å². The van der Waals surface area contributed by atoms with Gasteiger partial charge in [0.25, 0.3) is 0 Å². The molecule has 1 aliphatic rings. The first-order chi connectivity index (χ1) is 9.63. The second-order valence-corrected chi connectivity index (χ2v) is 4.43.